The van der Waals surface area contributed by atoms with Crippen molar-refractivity contribution in [1.29, 1.82) is 0 Å². The van der Waals surface area contributed by atoms with Gasteiger partial charge in [-0.2, -0.15) is 4.98 Å². The van der Waals surface area contributed by atoms with Crippen LogP contribution in [0.15, 0.2) is 41.6 Å². The molecule has 4 N–H and O–H groups in total. The van der Waals surface area contributed by atoms with E-state index < -0.39 is 10.0 Å². The smallest absolute Gasteiger partial charge is 0.265 e. The van der Waals surface area contributed by atoms with Gasteiger partial charge in [-0.15, -0.1) is 0 Å². The Hall–Kier alpha value is -2.32. The molecule has 9 heteroatoms. The van der Waals surface area contributed by atoms with Crippen LogP contribution in [-0.4, -0.2) is 23.4 Å². The van der Waals surface area contributed by atoms with Crippen molar-refractivity contribution in [3.05, 3.63) is 41.9 Å². The van der Waals surface area contributed by atoms with Crippen molar-refractivity contribution in [2.75, 3.05) is 10.5 Å². The van der Waals surface area contributed by atoms with Crippen LogP contribution >= 0.6 is 11.6 Å². The van der Waals surface area contributed by atoms with Gasteiger partial charge in [0, 0.05) is 29.0 Å². The first-order valence-electron chi connectivity index (χ1n) is 5.84. The van der Waals surface area contributed by atoms with Crippen LogP contribution in [0.4, 0.5) is 11.5 Å². The minimum Gasteiger partial charge on any atom is -0.399 e. The Balaban J connectivity index is 2.04. The number of halogens is 1. The molecule has 0 aliphatic rings. The van der Waals surface area contributed by atoms with Crippen LogP contribution in [0.3, 0.4) is 0 Å². The molecule has 2 aromatic heterocycles. The Labute approximate surface area is 125 Å². The number of sulfonamides is 1. The predicted molar refractivity (Wildman–Crippen MR) is 80.6 cm³/mol. The molecule has 0 saturated carbocycles. The highest BCUT2D eigenvalue weighted by atomic mass is 35.5. The first-order valence-corrected chi connectivity index (χ1v) is 7.70. The number of fused-ring (bicyclic) bond motifs is 1. The SMILES string of the molecule is Nc1ccc2c(S(=O)(=O)Nc3ccnc(Cl)n3)c[nH]c2c1. The molecule has 0 radical (unpaired) electrons. The first kappa shape index (κ1) is 13.7. The van der Waals surface area contributed by atoms with Gasteiger partial charge in [0.2, 0.25) is 5.28 Å². The molecule has 2 heterocycles. The molecule has 0 unspecified atom stereocenters. The number of aromatic amines is 1. The number of benzene rings is 1. The number of nitrogens with two attached hydrogens (primary N) is 1. The molecule has 108 valence electrons. The van der Waals surface area contributed by atoms with Crippen LogP contribution in [0, 0.1) is 0 Å². The van der Waals surface area contributed by atoms with Crippen LogP contribution in [-0.2, 0) is 10.0 Å². The molecule has 0 saturated heterocycles. The molecule has 7 nitrogen and oxygen atoms in total. The van der Waals surface area contributed by atoms with E-state index in [0.29, 0.717) is 16.6 Å². The number of H-pyrrole nitrogens is 1. The van der Waals surface area contributed by atoms with Crippen molar-refractivity contribution in [1.82, 2.24) is 15.0 Å². The van der Waals surface area contributed by atoms with Gasteiger partial charge in [0.05, 0.1) is 0 Å². The molecule has 0 aliphatic carbocycles. The topological polar surface area (TPSA) is 114 Å². The van der Waals surface area contributed by atoms with Crippen molar-refractivity contribution < 1.29 is 8.42 Å². The van der Waals surface area contributed by atoms with Crippen LogP contribution in [0.2, 0.25) is 5.28 Å². The van der Waals surface area contributed by atoms with Gasteiger partial charge in [0.25, 0.3) is 10.0 Å². The van der Waals surface area contributed by atoms with Gasteiger partial charge < -0.3 is 10.7 Å². The monoisotopic (exact) mass is 323 g/mol. The lowest BCUT2D eigenvalue weighted by Crippen LogP contribution is -2.13. The summed E-state index contributed by atoms with van der Waals surface area (Å²) >= 11 is 5.63. The number of hydrogen-bond acceptors (Lipinski definition) is 5. The highest BCUT2D eigenvalue weighted by Gasteiger charge is 2.19. The number of hydrogen-bond donors (Lipinski definition) is 3. The Morgan fingerprint density at radius 2 is 2.10 bits per heavy atom. The molecule has 0 fully saturated rings. The molecule has 21 heavy (non-hydrogen) atoms. The minimum absolute atomic E-state index is 0.0399. The Morgan fingerprint density at radius 1 is 1.29 bits per heavy atom. The molecule has 0 atom stereocenters. The first-order chi connectivity index (χ1) is 9.95. The standard InChI is InChI=1S/C12H10ClN5O2S/c13-12-15-4-3-11(17-12)18-21(19,20)10-6-16-9-5-7(14)1-2-8(9)10/h1-6,16H,14H2,(H,15,17,18). The van der Waals surface area contributed by atoms with Crippen LogP contribution in [0.25, 0.3) is 10.9 Å². The molecule has 0 aliphatic heterocycles. The second-order valence-electron chi connectivity index (χ2n) is 4.27. The van der Waals surface area contributed by atoms with Crippen LogP contribution in [0.1, 0.15) is 0 Å². The van der Waals surface area contributed by atoms with E-state index in [1.54, 1.807) is 18.2 Å². The lowest BCUT2D eigenvalue weighted by Gasteiger charge is -2.06. The maximum absolute atomic E-state index is 12.4. The quantitative estimate of drug-likeness (QED) is 0.504. The van der Waals surface area contributed by atoms with Crippen LogP contribution in [0.5, 0.6) is 0 Å². The Bertz CT molecular complexity index is 922. The third-order valence-corrected chi connectivity index (χ3v) is 4.40. The molecule has 0 amide bonds. The summed E-state index contributed by atoms with van der Waals surface area (Å²) in [5.74, 6) is 0.0970. The average molecular weight is 324 g/mol. The van der Waals surface area contributed by atoms with E-state index >= 15 is 0 Å². The van der Waals surface area contributed by atoms with Gasteiger partial charge in [0.1, 0.15) is 10.7 Å². The fourth-order valence-corrected chi connectivity index (χ4v) is 3.25. The maximum Gasteiger partial charge on any atom is 0.265 e. The molecule has 3 aromatic rings. The van der Waals surface area contributed by atoms with Crippen molar-refractivity contribution in [2.24, 2.45) is 0 Å². The van der Waals surface area contributed by atoms with Gasteiger partial charge in [0.15, 0.2) is 0 Å². The largest absolute Gasteiger partial charge is 0.399 e. The Morgan fingerprint density at radius 3 is 2.86 bits per heavy atom. The summed E-state index contributed by atoms with van der Waals surface area (Å²) in [4.78, 5) is 10.5. The van der Waals surface area contributed by atoms with Crippen molar-refractivity contribution in [3.63, 3.8) is 0 Å². The summed E-state index contributed by atoms with van der Waals surface area (Å²) in [7, 11) is -3.80. The zero-order valence-corrected chi connectivity index (χ0v) is 12.1. The summed E-state index contributed by atoms with van der Waals surface area (Å²) in [6.45, 7) is 0. The lowest BCUT2D eigenvalue weighted by atomic mass is 10.2. The second kappa shape index (κ2) is 4.90. The minimum atomic E-state index is -3.80. The van der Waals surface area contributed by atoms with Gasteiger partial charge >= 0.3 is 0 Å². The van der Waals surface area contributed by atoms with E-state index in [0.717, 1.165) is 0 Å². The zero-order valence-electron chi connectivity index (χ0n) is 10.5. The fourth-order valence-electron chi connectivity index (χ4n) is 1.92. The van der Waals surface area contributed by atoms with Crippen molar-refractivity contribution >= 4 is 44.0 Å². The van der Waals surface area contributed by atoms with Gasteiger partial charge in [-0.3, -0.25) is 4.72 Å². The lowest BCUT2D eigenvalue weighted by molar-refractivity contribution is 0.602. The number of nitrogens with zero attached hydrogens (tertiary/aromatic N) is 2. The average Bonchev–Trinajstić information content (AvgIpc) is 2.81. The third kappa shape index (κ3) is 2.63. The van der Waals surface area contributed by atoms with Crippen molar-refractivity contribution in [3.8, 4) is 0 Å². The van der Waals surface area contributed by atoms with E-state index in [4.69, 9.17) is 17.3 Å². The second-order valence-corrected chi connectivity index (χ2v) is 6.26. The van der Waals surface area contributed by atoms with Crippen LogP contribution < -0.4 is 10.5 Å². The molecule has 0 spiro atoms. The summed E-state index contributed by atoms with van der Waals surface area (Å²) in [6.07, 6.45) is 2.76. The van der Waals surface area contributed by atoms with E-state index in [-0.39, 0.29) is 16.0 Å². The van der Waals surface area contributed by atoms with Gasteiger partial charge in [-0.05, 0) is 35.9 Å². The number of rotatable bonds is 3. The molecule has 0 bridgehead atoms. The van der Waals surface area contributed by atoms with Gasteiger partial charge in [-0.1, -0.05) is 0 Å². The number of aromatic nitrogens is 3. The normalized spacial score (nSPS) is 11.7. The molecular weight excluding hydrogens is 314 g/mol. The van der Waals surface area contributed by atoms with Gasteiger partial charge in [-0.25, -0.2) is 13.4 Å². The fraction of sp³-hybridized carbons (Fsp3) is 0. The predicted octanol–water partition coefficient (Wildman–Crippen LogP) is 1.99. The Kier molecular flexibility index (Phi) is 3.19. The summed E-state index contributed by atoms with van der Waals surface area (Å²) in [5.41, 5.74) is 6.85. The summed E-state index contributed by atoms with van der Waals surface area (Å²) < 4.78 is 27.2. The molecular formula is C12H10ClN5O2S. The van der Waals surface area contributed by atoms with E-state index in [1.807, 2.05) is 0 Å². The molecule has 3 rings (SSSR count). The van der Waals surface area contributed by atoms with E-state index in [1.165, 1.54) is 18.5 Å². The number of anilines is 2. The third-order valence-electron chi connectivity index (χ3n) is 2.82. The zero-order chi connectivity index (χ0) is 15.0. The van der Waals surface area contributed by atoms with Crippen molar-refractivity contribution in [2.45, 2.75) is 4.90 Å². The maximum atomic E-state index is 12.4. The number of nitrogen functional groups attached to an aromatic ring is 1. The highest BCUT2D eigenvalue weighted by Crippen LogP contribution is 2.25. The van der Waals surface area contributed by atoms with E-state index in [9.17, 15) is 8.42 Å². The summed E-state index contributed by atoms with van der Waals surface area (Å²) in [5, 5.41) is 0.499. The summed E-state index contributed by atoms with van der Waals surface area (Å²) in [6, 6.07) is 6.35. The van der Waals surface area contributed by atoms with E-state index in [2.05, 4.69) is 19.7 Å². The number of nitrogens with one attached hydrogen (secondary N) is 2. The molecule has 1 aromatic carbocycles. The highest BCUT2D eigenvalue weighted by molar-refractivity contribution is 7.93.